The van der Waals surface area contributed by atoms with Crippen LogP contribution in [-0.2, 0) is 14.9 Å². The van der Waals surface area contributed by atoms with Gasteiger partial charge in [0.15, 0.2) is 0 Å². The van der Waals surface area contributed by atoms with Gasteiger partial charge in [0.1, 0.15) is 0 Å². The van der Waals surface area contributed by atoms with Crippen molar-refractivity contribution in [3.8, 4) is 0 Å². The minimum absolute atomic E-state index is 0.0328. The van der Waals surface area contributed by atoms with Gasteiger partial charge in [0, 0.05) is 24.6 Å². The molecule has 1 saturated heterocycles. The van der Waals surface area contributed by atoms with E-state index in [1.54, 1.807) is 0 Å². The summed E-state index contributed by atoms with van der Waals surface area (Å²) in [4.78, 5) is 0. The molecule has 0 bridgehead atoms. The van der Waals surface area contributed by atoms with Crippen LogP contribution in [0.15, 0.2) is 0 Å². The Balaban J connectivity index is 1.61. The predicted octanol–water partition coefficient (Wildman–Crippen LogP) is -0.922. The van der Waals surface area contributed by atoms with E-state index in [9.17, 15) is 8.42 Å². The minimum Gasteiger partial charge on any atom is -0.376 e. The summed E-state index contributed by atoms with van der Waals surface area (Å²) in [5, 5.41) is 0. The fourth-order valence-corrected chi connectivity index (χ4v) is 4.12. The fourth-order valence-electron chi connectivity index (χ4n) is 2.73. The van der Waals surface area contributed by atoms with E-state index in [-0.39, 0.29) is 24.2 Å². The molecule has 7 heteroatoms. The third kappa shape index (κ3) is 2.34. The third-order valence-electron chi connectivity index (χ3n) is 3.87. The molecule has 4 N–H and O–H groups in total. The fraction of sp³-hybridized carbons (Fsp3) is 1.00. The SMILES string of the molecule is NC1C2CCCOC2C1NS(=O)(=O)NC1CC1. The average Bonchev–Trinajstić information content (AvgIpc) is 3.09. The van der Waals surface area contributed by atoms with Crippen molar-refractivity contribution >= 4 is 10.2 Å². The number of nitrogens with one attached hydrogen (secondary N) is 2. The molecule has 3 rings (SSSR count). The molecule has 4 unspecified atom stereocenters. The monoisotopic (exact) mass is 261 g/mol. The van der Waals surface area contributed by atoms with Gasteiger partial charge in [-0.1, -0.05) is 0 Å². The van der Waals surface area contributed by atoms with E-state index >= 15 is 0 Å². The summed E-state index contributed by atoms with van der Waals surface area (Å²) in [6.07, 6.45) is 3.89. The largest absolute Gasteiger partial charge is 0.376 e. The Morgan fingerprint density at radius 1 is 1.18 bits per heavy atom. The zero-order valence-electron chi connectivity index (χ0n) is 9.63. The van der Waals surface area contributed by atoms with Crippen molar-refractivity contribution in [3.05, 3.63) is 0 Å². The van der Waals surface area contributed by atoms with Crippen LogP contribution in [0.3, 0.4) is 0 Å². The third-order valence-corrected chi connectivity index (χ3v) is 5.09. The van der Waals surface area contributed by atoms with Crippen molar-refractivity contribution in [2.24, 2.45) is 11.7 Å². The van der Waals surface area contributed by atoms with E-state index in [4.69, 9.17) is 10.5 Å². The van der Waals surface area contributed by atoms with Crippen LogP contribution in [0, 0.1) is 5.92 Å². The standard InChI is InChI=1S/C10H19N3O3S/c11-8-7-2-1-5-16-10(7)9(8)13-17(14,15)12-6-3-4-6/h6-10,12-13H,1-5,11H2. The van der Waals surface area contributed by atoms with Crippen molar-refractivity contribution in [3.63, 3.8) is 0 Å². The molecule has 3 aliphatic rings. The van der Waals surface area contributed by atoms with Gasteiger partial charge in [-0.3, -0.25) is 0 Å². The highest BCUT2D eigenvalue weighted by atomic mass is 32.2. The summed E-state index contributed by atoms with van der Waals surface area (Å²) in [5.74, 6) is 0.317. The quantitative estimate of drug-likeness (QED) is 0.610. The highest BCUT2D eigenvalue weighted by molar-refractivity contribution is 7.87. The smallest absolute Gasteiger partial charge is 0.277 e. The van der Waals surface area contributed by atoms with Crippen molar-refractivity contribution in [2.45, 2.75) is 49.9 Å². The first kappa shape index (κ1) is 11.9. The summed E-state index contributed by atoms with van der Waals surface area (Å²) >= 11 is 0. The van der Waals surface area contributed by atoms with Gasteiger partial charge in [0.25, 0.3) is 10.2 Å². The van der Waals surface area contributed by atoms with E-state index in [2.05, 4.69) is 9.44 Å². The molecular weight excluding hydrogens is 242 g/mol. The Hall–Kier alpha value is -0.210. The zero-order valence-corrected chi connectivity index (χ0v) is 10.4. The Morgan fingerprint density at radius 3 is 2.65 bits per heavy atom. The van der Waals surface area contributed by atoms with Crippen LogP contribution in [0.2, 0.25) is 0 Å². The number of fused-ring (bicyclic) bond motifs is 1. The Labute approximate surface area is 101 Å². The molecule has 4 atom stereocenters. The molecule has 0 aromatic carbocycles. The first-order valence-corrected chi connectivity index (χ1v) is 7.72. The van der Waals surface area contributed by atoms with Crippen molar-refractivity contribution < 1.29 is 13.2 Å². The molecule has 3 fully saturated rings. The molecule has 1 heterocycles. The molecule has 0 amide bonds. The van der Waals surface area contributed by atoms with Crippen LogP contribution in [0.5, 0.6) is 0 Å². The summed E-state index contributed by atoms with van der Waals surface area (Å²) in [6.45, 7) is 0.710. The van der Waals surface area contributed by atoms with Crippen LogP contribution in [0.4, 0.5) is 0 Å². The number of nitrogens with two attached hydrogens (primary N) is 1. The number of ether oxygens (including phenoxy) is 1. The van der Waals surface area contributed by atoms with E-state index in [0.717, 1.165) is 25.7 Å². The lowest BCUT2D eigenvalue weighted by molar-refractivity contribution is -0.114. The summed E-state index contributed by atoms with van der Waals surface area (Å²) < 4.78 is 34.4. The summed E-state index contributed by atoms with van der Waals surface area (Å²) in [5.41, 5.74) is 6.00. The topological polar surface area (TPSA) is 93.4 Å². The zero-order chi connectivity index (χ0) is 12.0. The van der Waals surface area contributed by atoms with Gasteiger partial charge < -0.3 is 10.5 Å². The molecule has 0 radical (unpaired) electrons. The van der Waals surface area contributed by atoms with Gasteiger partial charge >= 0.3 is 0 Å². The molecule has 6 nitrogen and oxygen atoms in total. The molecule has 0 spiro atoms. The summed E-state index contributed by atoms with van der Waals surface area (Å²) in [7, 11) is -3.42. The van der Waals surface area contributed by atoms with Crippen LogP contribution >= 0.6 is 0 Å². The Morgan fingerprint density at radius 2 is 1.94 bits per heavy atom. The van der Waals surface area contributed by atoms with Gasteiger partial charge in [0.05, 0.1) is 12.1 Å². The Bertz CT molecular complexity index is 396. The molecule has 0 aromatic heterocycles. The van der Waals surface area contributed by atoms with Gasteiger partial charge in [-0.05, 0) is 25.7 Å². The second kappa shape index (κ2) is 4.17. The van der Waals surface area contributed by atoms with Crippen molar-refractivity contribution in [1.82, 2.24) is 9.44 Å². The first-order chi connectivity index (χ1) is 8.07. The van der Waals surface area contributed by atoms with Gasteiger partial charge in [-0.2, -0.15) is 17.9 Å². The van der Waals surface area contributed by atoms with E-state index < -0.39 is 10.2 Å². The van der Waals surface area contributed by atoms with E-state index in [1.165, 1.54) is 0 Å². The maximum Gasteiger partial charge on any atom is 0.277 e. The summed E-state index contributed by atoms with van der Waals surface area (Å²) in [6, 6.07) is -0.264. The Kier molecular flexibility index (Phi) is 2.91. The normalized spacial score (nSPS) is 41.7. The highest BCUT2D eigenvalue weighted by Crippen LogP contribution is 2.37. The van der Waals surface area contributed by atoms with E-state index in [0.29, 0.717) is 12.5 Å². The lowest BCUT2D eigenvalue weighted by Crippen LogP contribution is -2.72. The predicted molar refractivity (Wildman–Crippen MR) is 62.4 cm³/mol. The molecule has 2 aliphatic carbocycles. The average molecular weight is 261 g/mol. The first-order valence-electron chi connectivity index (χ1n) is 6.23. The lowest BCUT2D eigenvalue weighted by atomic mass is 9.69. The maximum atomic E-state index is 11.8. The van der Waals surface area contributed by atoms with Crippen LogP contribution in [-0.4, -0.2) is 39.3 Å². The highest BCUT2D eigenvalue weighted by Gasteiger charge is 2.52. The molecular formula is C10H19N3O3S. The number of rotatable bonds is 4. The van der Waals surface area contributed by atoms with Crippen molar-refractivity contribution in [1.29, 1.82) is 0 Å². The molecule has 98 valence electrons. The van der Waals surface area contributed by atoms with Crippen LogP contribution < -0.4 is 15.2 Å². The van der Waals surface area contributed by atoms with E-state index in [1.807, 2.05) is 0 Å². The van der Waals surface area contributed by atoms with Gasteiger partial charge in [-0.15, -0.1) is 0 Å². The van der Waals surface area contributed by atoms with Crippen LogP contribution in [0.1, 0.15) is 25.7 Å². The van der Waals surface area contributed by atoms with Crippen molar-refractivity contribution in [2.75, 3.05) is 6.61 Å². The van der Waals surface area contributed by atoms with Crippen LogP contribution in [0.25, 0.3) is 0 Å². The number of hydrogen-bond acceptors (Lipinski definition) is 4. The van der Waals surface area contributed by atoms with Gasteiger partial charge in [0.2, 0.25) is 0 Å². The maximum absolute atomic E-state index is 11.8. The molecule has 2 saturated carbocycles. The molecule has 0 aromatic rings. The second-order valence-corrected chi connectivity index (χ2v) is 6.74. The minimum atomic E-state index is -3.42. The molecule has 17 heavy (non-hydrogen) atoms. The second-order valence-electron chi connectivity index (χ2n) is 5.26. The van der Waals surface area contributed by atoms with Gasteiger partial charge in [-0.25, -0.2) is 0 Å². The number of hydrogen-bond donors (Lipinski definition) is 3. The molecule has 1 aliphatic heterocycles. The lowest BCUT2D eigenvalue weighted by Gasteiger charge is -2.52.